The Morgan fingerprint density at radius 1 is 1.38 bits per heavy atom. The topological polar surface area (TPSA) is 56.0 Å². The van der Waals surface area contributed by atoms with Crippen molar-refractivity contribution in [2.24, 2.45) is 5.73 Å². The molecule has 0 atom stereocenters. The van der Waals surface area contributed by atoms with Crippen molar-refractivity contribution in [2.75, 3.05) is 6.54 Å². The standard InChI is InChI=1S/C12H20N2OS/c1-10-14-11(9-16-10)8-12(15)6-4-2-3-5-7-13/h9H,2-8,13H2,1H3. The molecule has 1 aromatic heterocycles. The first kappa shape index (κ1) is 13.3. The molecule has 0 aliphatic heterocycles. The number of ketones is 1. The van der Waals surface area contributed by atoms with Gasteiger partial charge in [0.1, 0.15) is 5.78 Å². The second-order valence-corrected chi connectivity index (χ2v) is 5.09. The van der Waals surface area contributed by atoms with Gasteiger partial charge in [-0.15, -0.1) is 11.3 Å². The molecular formula is C12H20N2OS. The van der Waals surface area contributed by atoms with Crippen molar-refractivity contribution >= 4 is 17.1 Å². The van der Waals surface area contributed by atoms with Crippen LogP contribution in [0.5, 0.6) is 0 Å². The average molecular weight is 240 g/mol. The fourth-order valence-corrected chi connectivity index (χ4v) is 2.21. The largest absolute Gasteiger partial charge is 0.330 e. The second kappa shape index (κ2) is 7.52. The molecular weight excluding hydrogens is 220 g/mol. The Bertz CT molecular complexity index is 323. The Balaban J connectivity index is 2.11. The van der Waals surface area contributed by atoms with Crippen LogP contribution in [0.25, 0.3) is 0 Å². The number of Topliss-reactive ketones (excluding diaryl/α,β-unsaturated/α-hetero) is 1. The monoisotopic (exact) mass is 240 g/mol. The third kappa shape index (κ3) is 5.37. The first-order chi connectivity index (χ1) is 7.72. The van der Waals surface area contributed by atoms with Crippen LogP contribution in [0.3, 0.4) is 0 Å². The summed E-state index contributed by atoms with van der Waals surface area (Å²) in [6.07, 6.45) is 5.49. The van der Waals surface area contributed by atoms with Crippen LogP contribution < -0.4 is 5.73 Å². The van der Waals surface area contributed by atoms with Gasteiger partial charge in [-0.1, -0.05) is 12.8 Å². The number of thiazole rings is 1. The fourth-order valence-electron chi connectivity index (χ4n) is 1.60. The van der Waals surface area contributed by atoms with Gasteiger partial charge in [0.25, 0.3) is 0 Å². The van der Waals surface area contributed by atoms with E-state index in [-0.39, 0.29) is 0 Å². The summed E-state index contributed by atoms with van der Waals surface area (Å²) in [5.41, 5.74) is 6.33. The van der Waals surface area contributed by atoms with Gasteiger partial charge in [0.2, 0.25) is 0 Å². The Morgan fingerprint density at radius 3 is 2.75 bits per heavy atom. The third-order valence-electron chi connectivity index (χ3n) is 2.45. The lowest BCUT2D eigenvalue weighted by Gasteiger charge is -1.99. The number of nitrogens with zero attached hydrogens (tertiary/aromatic N) is 1. The lowest BCUT2D eigenvalue weighted by atomic mass is 10.1. The Hall–Kier alpha value is -0.740. The molecule has 1 heterocycles. The van der Waals surface area contributed by atoms with E-state index in [0.29, 0.717) is 18.6 Å². The minimum atomic E-state index is 0.304. The molecule has 3 nitrogen and oxygen atoms in total. The number of rotatable bonds is 8. The molecule has 0 unspecified atom stereocenters. The molecule has 1 rings (SSSR count). The van der Waals surface area contributed by atoms with Crippen LogP contribution in [-0.4, -0.2) is 17.3 Å². The van der Waals surface area contributed by atoms with Gasteiger partial charge in [0.05, 0.1) is 10.7 Å². The zero-order chi connectivity index (χ0) is 11.8. The number of aromatic nitrogens is 1. The van der Waals surface area contributed by atoms with E-state index in [1.54, 1.807) is 11.3 Å². The summed E-state index contributed by atoms with van der Waals surface area (Å²) in [4.78, 5) is 15.9. The quantitative estimate of drug-likeness (QED) is 0.710. The normalized spacial score (nSPS) is 10.6. The predicted molar refractivity (Wildman–Crippen MR) is 67.7 cm³/mol. The molecule has 0 radical (unpaired) electrons. The van der Waals surface area contributed by atoms with Gasteiger partial charge in [-0.2, -0.15) is 0 Å². The number of carbonyl (C=O) groups is 1. The van der Waals surface area contributed by atoms with E-state index in [1.165, 1.54) is 0 Å². The van der Waals surface area contributed by atoms with E-state index in [2.05, 4.69) is 4.98 Å². The number of unbranched alkanes of at least 4 members (excludes halogenated alkanes) is 3. The molecule has 0 aromatic carbocycles. The maximum Gasteiger partial charge on any atom is 0.138 e. The zero-order valence-corrected chi connectivity index (χ0v) is 10.7. The van der Waals surface area contributed by atoms with Crippen molar-refractivity contribution < 1.29 is 4.79 Å². The molecule has 0 saturated carbocycles. The molecule has 0 spiro atoms. The van der Waals surface area contributed by atoms with Crippen LogP contribution in [0.2, 0.25) is 0 Å². The Kier molecular flexibility index (Phi) is 6.26. The highest BCUT2D eigenvalue weighted by molar-refractivity contribution is 7.09. The van der Waals surface area contributed by atoms with Gasteiger partial charge in [0.15, 0.2) is 0 Å². The number of hydrogen-bond acceptors (Lipinski definition) is 4. The summed E-state index contributed by atoms with van der Waals surface area (Å²) in [5, 5.41) is 3.01. The lowest BCUT2D eigenvalue weighted by molar-refractivity contribution is -0.118. The predicted octanol–water partition coefficient (Wildman–Crippen LogP) is 2.47. The zero-order valence-electron chi connectivity index (χ0n) is 9.87. The van der Waals surface area contributed by atoms with E-state index < -0.39 is 0 Å². The molecule has 1 aromatic rings. The van der Waals surface area contributed by atoms with Gasteiger partial charge in [-0.05, 0) is 26.3 Å². The first-order valence-electron chi connectivity index (χ1n) is 5.85. The van der Waals surface area contributed by atoms with E-state index in [1.807, 2.05) is 12.3 Å². The minimum absolute atomic E-state index is 0.304. The summed E-state index contributed by atoms with van der Waals surface area (Å²) >= 11 is 1.60. The second-order valence-electron chi connectivity index (χ2n) is 4.03. The molecule has 90 valence electrons. The van der Waals surface area contributed by atoms with Crippen molar-refractivity contribution in [1.29, 1.82) is 0 Å². The van der Waals surface area contributed by atoms with Gasteiger partial charge in [-0.3, -0.25) is 4.79 Å². The van der Waals surface area contributed by atoms with Crippen LogP contribution in [-0.2, 0) is 11.2 Å². The number of nitrogens with two attached hydrogens (primary N) is 1. The summed E-state index contributed by atoms with van der Waals surface area (Å²) in [7, 11) is 0. The maximum absolute atomic E-state index is 11.6. The molecule has 2 N–H and O–H groups in total. The number of hydrogen-bond donors (Lipinski definition) is 1. The van der Waals surface area contributed by atoms with E-state index in [0.717, 1.165) is 42.9 Å². The molecule has 0 bridgehead atoms. The highest BCUT2D eigenvalue weighted by Gasteiger charge is 2.06. The summed E-state index contributed by atoms with van der Waals surface area (Å²) < 4.78 is 0. The van der Waals surface area contributed by atoms with E-state index in [4.69, 9.17) is 5.73 Å². The van der Waals surface area contributed by atoms with Crippen molar-refractivity contribution in [2.45, 2.75) is 45.4 Å². The van der Waals surface area contributed by atoms with Gasteiger partial charge in [0, 0.05) is 18.2 Å². The van der Waals surface area contributed by atoms with Crippen LogP contribution >= 0.6 is 11.3 Å². The maximum atomic E-state index is 11.6. The first-order valence-corrected chi connectivity index (χ1v) is 6.73. The van der Waals surface area contributed by atoms with Gasteiger partial charge >= 0.3 is 0 Å². The van der Waals surface area contributed by atoms with Crippen molar-refractivity contribution in [3.05, 3.63) is 16.1 Å². The average Bonchev–Trinajstić information content (AvgIpc) is 2.63. The summed E-state index contributed by atoms with van der Waals surface area (Å²) in [5.74, 6) is 0.304. The lowest BCUT2D eigenvalue weighted by Crippen LogP contribution is -2.03. The van der Waals surface area contributed by atoms with Crippen molar-refractivity contribution in [1.82, 2.24) is 4.98 Å². The smallest absolute Gasteiger partial charge is 0.138 e. The van der Waals surface area contributed by atoms with Crippen LogP contribution in [0.1, 0.15) is 42.8 Å². The SMILES string of the molecule is Cc1nc(CC(=O)CCCCCCN)cs1. The van der Waals surface area contributed by atoms with Crippen LogP contribution in [0.15, 0.2) is 5.38 Å². The summed E-state index contributed by atoms with van der Waals surface area (Å²) in [6, 6.07) is 0. The van der Waals surface area contributed by atoms with Crippen LogP contribution in [0, 0.1) is 6.92 Å². The highest BCUT2D eigenvalue weighted by atomic mass is 32.1. The molecule has 0 saturated heterocycles. The fraction of sp³-hybridized carbons (Fsp3) is 0.667. The molecule has 0 aliphatic carbocycles. The van der Waals surface area contributed by atoms with Crippen LogP contribution in [0.4, 0.5) is 0 Å². The molecule has 0 fully saturated rings. The highest BCUT2D eigenvalue weighted by Crippen LogP contribution is 2.10. The molecule has 0 aliphatic rings. The number of aryl methyl sites for hydroxylation is 1. The van der Waals surface area contributed by atoms with Crippen molar-refractivity contribution in [3.63, 3.8) is 0 Å². The minimum Gasteiger partial charge on any atom is -0.330 e. The van der Waals surface area contributed by atoms with Gasteiger partial charge < -0.3 is 5.73 Å². The molecule has 4 heteroatoms. The van der Waals surface area contributed by atoms with Crippen molar-refractivity contribution in [3.8, 4) is 0 Å². The Labute approximate surface area is 101 Å². The third-order valence-corrected chi connectivity index (χ3v) is 3.28. The molecule has 16 heavy (non-hydrogen) atoms. The van der Waals surface area contributed by atoms with E-state index >= 15 is 0 Å². The van der Waals surface area contributed by atoms with Gasteiger partial charge in [-0.25, -0.2) is 4.98 Å². The number of carbonyl (C=O) groups excluding carboxylic acids is 1. The summed E-state index contributed by atoms with van der Waals surface area (Å²) in [6.45, 7) is 2.72. The van der Waals surface area contributed by atoms with E-state index in [9.17, 15) is 4.79 Å². The molecule has 0 amide bonds. The Morgan fingerprint density at radius 2 is 2.12 bits per heavy atom.